The Morgan fingerprint density at radius 1 is 1.41 bits per heavy atom. The maximum atomic E-state index is 12.2. The molecule has 1 saturated heterocycles. The SMILES string of the molecule is CNCC1CCCN(CC(=O)NC(C)c2ccc(Br)cc2)C1. The van der Waals surface area contributed by atoms with E-state index < -0.39 is 0 Å². The number of halogens is 1. The number of amides is 1. The molecule has 0 saturated carbocycles. The molecule has 22 heavy (non-hydrogen) atoms. The molecule has 2 atom stereocenters. The number of hydrogen-bond acceptors (Lipinski definition) is 3. The zero-order valence-electron chi connectivity index (χ0n) is 13.4. The van der Waals surface area contributed by atoms with Crippen molar-refractivity contribution in [2.45, 2.75) is 25.8 Å². The fourth-order valence-electron chi connectivity index (χ4n) is 3.08. The number of nitrogens with one attached hydrogen (secondary N) is 2. The molecular formula is C17H26BrN3O. The van der Waals surface area contributed by atoms with Gasteiger partial charge < -0.3 is 10.6 Å². The first kappa shape index (κ1) is 17.4. The number of rotatable bonds is 6. The highest BCUT2D eigenvalue weighted by molar-refractivity contribution is 9.10. The quantitative estimate of drug-likeness (QED) is 0.811. The van der Waals surface area contributed by atoms with E-state index in [-0.39, 0.29) is 11.9 Å². The minimum Gasteiger partial charge on any atom is -0.348 e. The minimum atomic E-state index is 0.0403. The van der Waals surface area contributed by atoms with E-state index in [1.807, 2.05) is 38.2 Å². The lowest BCUT2D eigenvalue weighted by molar-refractivity contribution is -0.123. The average molecular weight is 368 g/mol. The fourth-order valence-corrected chi connectivity index (χ4v) is 3.34. The summed E-state index contributed by atoms with van der Waals surface area (Å²) in [7, 11) is 1.99. The second-order valence-electron chi connectivity index (χ2n) is 6.14. The molecule has 0 aromatic heterocycles. The van der Waals surface area contributed by atoms with Crippen LogP contribution in [0, 0.1) is 5.92 Å². The molecule has 2 unspecified atom stereocenters. The third-order valence-electron chi connectivity index (χ3n) is 4.21. The molecule has 1 aliphatic heterocycles. The van der Waals surface area contributed by atoms with Crippen LogP contribution < -0.4 is 10.6 Å². The summed E-state index contributed by atoms with van der Waals surface area (Å²) in [4.78, 5) is 14.5. The predicted octanol–water partition coefficient (Wildman–Crippen LogP) is 2.56. The predicted molar refractivity (Wildman–Crippen MR) is 93.8 cm³/mol. The van der Waals surface area contributed by atoms with Crippen molar-refractivity contribution in [3.8, 4) is 0 Å². The summed E-state index contributed by atoms with van der Waals surface area (Å²) in [5.41, 5.74) is 1.13. The Hall–Kier alpha value is -0.910. The molecule has 1 aromatic carbocycles. The van der Waals surface area contributed by atoms with Crippen molar-refractivity contribution in [2.24, 2.45) is 5.92 Å². The first-order chi connectivity index (χ1) is 10.6. The average Bonchev–Trinajstić information content (AvgIpc) is 2.48. The Morgan fingerprint density at radius 2 is 2.14 bits per heavy atom. The normalized spacial score (nSPS) is 20.6. The maximum absolute atomic E-state index is 12.2. The highest BCUT2D eigenvalue weighted by atomic mass is 79.9. The van der Waals surface area contributed by atoms with E-state index in [4.69, 9.17) is 0 Å². The molecule has 122 valence electrons. The summed E-state index contributed by atoms with van der Waals surface area (Å²) < 4.78 is 1.05. The molecule has 0 aliphatic carbocycles. The van der Waals surface area contributed by atoms with Gasteiger partial charge in [0.2, 0.25) is 5.91 Å². The lowest BCUT2D eigenvalue weighted by Crippen LogP contribution is -2.44. The molecule has 2 N–H and O–H groups in total. The Labute approximate surface area is 141 Å². The number of nitrogens with zero attached hydrogens (tertiary/aromatic N) is 1. The van der Waals surface area contributed by atoms with E-state index in [0.29, 0.717) is 12.5 Å². The summed E-state index contributed by atoms with van der Waals surface area (Å²) in [6, 6.07) is 8.13. The van der Waals surface area contributed by atoms with Gasteiger partial charge in [-0.2, -0.15) is 0 Å². The van der Waals surface area contributed by atoms with E-state index >= 15 is 0 Å². The van der Waals surface area contributed by atoms with Crippen LogP contribution in [-0.2, 0) is 4.79 Å². The van der Waals surface area contributed by atoms with Crippen LogP contribution in [0.5, 0.6) is 0 Å². The second kappa shape index (κ2) is 8.65. The fraction of sp³-hybridized carbons (Fsp3) is 0.588. The Morgan fingerprint density at radius 3 is 2.82 bits per heavy atom. The van der Waals surface area contributed by atoms with Crippen molar-refractivity contribution in [1.29, 1.82) is 0 Å². The maximum Gasteiger partial charge on any atom is 0.234 e. The number of hydrogen-bond donors (Lipinski definition) is 2. The summed E-state index contributed by atoms with van der Waals surface area (Å²) >= 11 is 3.43. The lowest BCUT2D eigenvalue weighted by atomic mass is 9.98. The molecule has 1 amide bonds. The van der Waals surface area contributed by atoms with Gasteiger partial charge in [-0.05, 0) is 63.5 Å². The van der Waals surface area contributed by atoms with Crippen molar-refractivity contribution in [2.75, 3.05) is 33.2 Å². The number of likely N-dealkylation sites (tertiary alicyclic amines) is 1. The van der Waals surface area contributed by atoms with Crippen molar-refractivity contribution in [1.82, 2.24) is 15.5 Å². The highest BCUT2D eigenvalue weighted by Crippen LogP contribution is 2.17. The van der Waals surface area contributed by atoms with Crippen molar-refractivity contribution in [3.63, 3.8) is 0 Å². The third kappa shape index (κ3) is 5.38. The first-order valence-corrected chi connectivity index (χ1v) is 8.79. The number of carbonyl (C=O) groups is 1. The van der Waals surface area contributed by atoms with Crippen LogP contribution >= 0.6 is 15.9 Å². The monoisotopic (exact) mass is 367 g/mol. The smallest absolute Gasteiger partial charge is 0.234 e. The molecule has 2 rings (SSSR count). The van der Waals surface area contributed by atoms with Crippen LogP contribution in [-0.4, -0.2) is 44.0 Å². The third-order valence-corrected chi connectivity index (χ3v) is 4.74. The van der Waals surface area contributed by atoms with Crippen LogP contribution in [0.15, 0.2) is 28.7 Å². The minimum absolute atomic E-state index is 0.0403. The Balaban J connectivity index is 1.80. The van der Waals surface area contributed by atoms with E-state index in [2.05, 4.69) is 31.5 Å². The van der Waals surface area contributed by atoms with Gasteiger partial charge in [-0.3, -0.25) is 9.69 Å². The molecule has 4 nitrogen and oxygen atoms in total. The van der Waals surface area contributed by atoms with Gasteiger partial charge >= 0.3 is 0 Å². The number of carbonyl (C=O) groups excluding carboxylic acids is 1. The van der Waals surface area contributed by atoms with Crippen molar-refractivity contribution < 1.29 is 4.79 Å². The van der Waals surface area contributed by atoms with Gasteiger partial charge in [0.05, 0.1) is 12.6 Å². The van der Waals surface area contributed by atoms with Gasteiger partial charge in [-0.1, -0.05) is 28.1 Å². The van der Waals surface area contributed by atoms with Crippen LogP contribution in [0.4, 0.5) is 0 Å². The van der Waals surface area contributed by atoms with Gasteiger partial charge in [-0.25, -0.2) is 0 Å². The van der Waals surface area contributed by atoms with Crippen molar-refractivity contribution >= 4 is 21.8 Å². The van der Waals surface area contributed by atoms with Gasteiger partial charge in [0.15, 0.2) is 0 Å². The Kier molecular flexibility index (Phi) is 6.86. The highest BCUT2D eigenvalue weighted by Gasteiger charge is 2.21. The van der Waals surface area contributed by atoms with E-state index in [9.17, 15) is 4.79 Å². The molecule has 1 fully saturated rings. The lowest BCUT2D eigenvalue weighted by Gasteiger charge is -2.32. The molecule has 1 heterocycles. The van der Waals surface area contributed by atoms with E-state index in [1.165, 1.54) is 12.8 Å². The van der Waals surface area contributed by atoms with Gasteiger partial charge in [0, 0.05) is 11.0 Å². The van der Waals surface area contributed by atoms with E-state index in [1.54, 1.807) is 0 Å². The van der Waals surface area contributed by atoms with Gasteiger partial charge in [0.1, 0.15) is 0 Å². The largest absolute Gasteiger partial charge is 0.348 e. The van der Waals surface area contributed by atoms with Crippen molar-refractivity contribution in [3.05, 3.63) is 34.3 Å². The first-order valence-electron chi connectivity index (χ1n) is 8.00. The molecule has 0 bridgehead atoms. The molecule has 0 spiro atoms. The van der Waals surface area contributed by atoms with Crippen LogP contribution in [0.2, 0.25) is 0 Å². The van der Waals surface area contributed by atoms with Crippen LogP contribution in [0.25, 0.3) is 0 Å². The molecule has 0 radical (unpaired) electrons. The summed E-state index contributed by atoms with van der Waals surface area (Å²) in [5, 5.41) is 6.34. The standard InChI is InChI=1S/C17H26BrN3O/c1-13(15-5-7-16(18)8-6-15)20-17(22)12-21-9-3-4-14(11-21)10-19-2/h5-8,13-14,19H,3-4,9-12H2,1-2H3,(H,20,22). The molecule has 5 heteroatoms. The van der Waals surface area contributed by atoms with Gasteiger partial charge in [-0.15, -0.1) is 0 Å². The molecule has 1 aliphatic rings. The van der Waals surface area contributed by atoms with Crippen LogP contribution in [0.3, 0.4) is 0 Å². The molecular weight excluding hydrogens is 342 g/mol. The molecule has 1 aromatic rings. The summed E-state index contributed by atoms with van der Waals surface area (Å²) in [6.07, 6.45) is 2.44. The van der Waals surface area contributed by atoms with E-state index in [0.717, 1.165) is 29.7 Å². The number of benzene rings is 1. The van der Waals surface area contributed by atoms with Gasteiger partial charge in [0.25, 0.3) is 0 Å². The second-order valence-corrected chi connectivity index (χ2v) is 7.06. The zero-order chi connectivity index (χ0) is 15.9. The zero-order valence-corrected chi connectivity index (χ0v) is 15.0. The summed E-state index contributed by atoms with van der Waals surface area (Å²) in [6.45, 7) is 5.61. The number of piperidine rings is 1. The topological polar surface area (TPSA) is 44.4 Å². The van der Waals surface area contributed by atoms with Crippen LogP contribution in [0.1, 0.15) is 31.4 Å². The Bertz CT molecular complexity index is 475. The summed E-state index contributed by atoms with van der Waals surface area (Å²) in [5.74, 6) is 0.774.